The van der Waals surface area contributed by atoms with Gasteiger partial charge in [0.25, 0.3) is 11.5 Å². The van der Waals surface area contributed by atoms with Gasteiger partial charge in [0, 0.05) is 17.4 Å². The molecule has 0 radical (unpaired) electrons. The molecule has 3 aromatic rings. The molecule has 0 spiro atoms. The summed E-state index contributed by atoms with van der Waals surface area (Å²) in [5.74, 6) is -1.75. The maximum absolute atomic E-state index is 13.7. The number of hydrogen-bond donors (Lipinski definition) is 1. The number of amides is 1. The summed E-state index contributed by atoms with van der Waals surface area (Å²) in [6, 6.07) is 12.9. The smallest absolute Gasteiger partial charge is 0.406 e. The molecular formula is C20H14F4N2O4. The van der Waals surface area contributed by atoms with Crippen molar-refractivity contribution in [2.24, 2.45) is 0 Å². The van der Waals surface area contributed by atoms with Gasteiger partial charge in [-0.3, -0.25) is 9.59 Å². The quantitative estimate of drug-likeness (QED) is 0.614. The first-order valence-corrected chi connectivity index (χ1v) is 8.48. The van der Waals surface area contributed by atoms with E-state index in [0.717, 1.165) is 16.9 Å². The Balaban J connectivity index is 1.70. The lowest BCUT2D eigenvalue weighted by Gasteiger charge is -2.11. The number of aromatic nitrogens is 1. The van der Waals surface area contributed by atoms with Gasteiger partial charge in [-0.25, -0.2) is 4.39 Å². The Morgan fingerprint density at radius 2 is 1.70 bits per heavy atom. The minimum atomic E-state index is -4.83. The first kappa shape index (κ1) is 20.9. The number of carbonyl (C=O) groups excluding carboxylic acids is 1. The molecule has 156 valence electrons. The summed E-state index contributed by atoms with van der Waals surface area (Å²) in [5, 5.41) is 2.39. The third-order valence-electron chi connectivity index (χ3n) is 3.82. The number of halogens is 4. The molecule has 0 aliphatic carbocycles. The van der Waals surface area contributed by atoms with Crippen molar-refractivity contribution in [3.8, 4) is 5.75 Å². The van der Waals surface area contributed by atoms with Crippen LogP contribution in [0.1, 0.15) is 15.9 Å². The lowest BCUT2D eigenvalue weighted by molar-refractivity contribution is -0.274. The minimum absolute atomic E-state index is 0.150. The number of alkyl halides is 3. The number of anilines is 1. The molecule has 0 atom stereocenters. The van der Waals surface area contributed by atoms with E-state index in [0.29, 0.717) is 0 Å². The second-order valence-corrected chi connectivity index (χ2v) is 5.94. The molecule has 0 saturated carbocycles. The van der Waals surface area contributed by atoms with Gasteiger partial charge in [0.1, 0.15) is 23.7 Å². The molecule has 30 heavy (non-hydrogen) atoms. The SMILES string of the molecule is O=C(Nc1ccc(OC(F)(F)F)cc1)c1cccn(OCc2ccccc2F)c1=O. The normalized spacial score (nSPS) is 11.1. The van der Waals surface area contributed by atoms with Gasteiger partial charge in [0.05, 0.1) is 0 Å². The summed E-state index contributed by atoms with van der Waals surface area (Å²) >= 11 is 0. The second kappa shape index (κ2) is 8.68. The Morgan fingerprint density at radius 3 is 2.37 bits per heavy atom. The van der Waals surface area contributed by atoms with Crippen LogP contribution >= 0.6 is 0 Å². The number of nitrogens with zero attached hydrogens (tertiary/aromatic N) is 1. The Morgan fingerprint density at radius 1 is 1.00 bits per heavy atom. The summed E-state index contributed by atoms with van der Waals surface area (Å²) in [5.41, 5.74) is -0.693. The zero-order chi connectivity index (χ0) is 21.7. The van der Waals surface area contributed by atoms with Crippen molar-refractivity contribution in [3.63, 3.8) is 0 Å². The average molecular weight is 422 g/mol. The molecule has 0 saturated heterocycles. The number of ether oxygens (including phenoxy) is 1. The molecule has 1 heterocycles. The predicted octanol–water partition coefficient (Wildman–Crippen LogP) is 3.77. The summed E-state index contributed by atoms with van der Waals surface area (Å²) in [7, 11) is 0. The Bertz CT molecular complexity index is 1090. The molecule has 0 fully saturated rings. The van der Waals surface area contributed by atoms with Crippen LogP contribution in [-0.2, 0) is 6.61 Å². The lowest BCUT2D eigenvalue weighted by atomic mass is 10.2. The molecule has 2 aromatic carbocycles. The molecular weight excluding hydrogens is 408 g/mol. The van der Waals surface area contributed by atoms with Crippen LogP contribution in [0.2, 0.25) is 0 Å². The van der Waals surface area contributed by atoms with Crippen LogP contribution in [-0.4, -0.2) is 17.0 Å². The number of hydrogen-bond acceptors (Lipinski definition) is 4. The third kappa shape index (κ3) is 5.37. The van der Waals surface area contributed by atoms with E-state index < -0.39 is 29.4 Å². The van der Waals surface area contributed by atoms with Crippen molar-refractivity contribution in [2.45, 2.75) is 13.0 Å². The average Bonchev–Trinajstić information content (AvgIpc) is 2.68. The standard InChI is InChI=1S/C20H14F4N2O4/c21-17-6-2-1-4-13(17)12-29-26-11-3-5-16(19(26)28)18(27)25-14-7-9-15(10-8-14)30-20(22,23)24/h1-11H,12H2,(H,25,27). The molecule has 6 nitrogen and oxygen atoms in total. The molecule has 1 aromatic heterocycles. The zero-order valence-electron chi connectivity index (χ0n) is 15.2. The van der Waals surface area contributed by atoms with Crippen molar-refractivity contribution >= 4 is 11.6 Å². The van der Waals surface area contributed by atoms with Crippen molar-refractivity contribution < 1.29 is 31.9 Å². The van der Waals surface area contributed by atoms with Crippen LogP contribution in [0, 0.1) is 5.82 Å². The van der Waals surface area contributed by atoms with Gasteiger partial charge >= 0.3 is 6.36 Å². The summed E-state index contributed by atoms with van der Waals surface area (Å²) in [4.78, 5) is 30.1. The van der Waals surface area contributed by atoms with Crippen LogP contribution in [0.25, 0.3) is 0 Å². The number of pyridine rings is 1. The molecule has 0 unspecified atom stereocenters. The summed E-state index contributed by atoms with van der Waals surface area (Å²) < 4.78 is 54.8. The van der Waals surface area contributed by atoms with Crippen LogP contribution < -0.4 is 20.5 Å². The van der Waals surface area contributed by atoms with Crippen molar-refractivity contribution in [1.82, 2.24) is 4.73 Å². The van der Waals surface area contributed by atoms with Gasteiger partial charge in [-0.05, 0) is 42.5 Å². The van der Waals surface area contributed by atoms with Gasteiger partial charge < -0.3 is 14.9 Å². The van der Waals surface area contributed by atoms with E-state index in [9.17, 15) is 27.2 Å². The molecule has 3 rings (SSSR count). The van der Waals surface area contributed by atoms with Crippen LogP contribution in [0.3, 0.4) is 0 Å². The Hall–Kier alpha value is -3.82. The summed E-state index contributed by atoms with van der Waals surface area (Å²) in [6.45, 7) is -0.238. The summed E-state index contributed by atoms with van der Waals surface area (Å²) in [6.07, 6.45) is -3.56. The number of rotatable bonds is 6. The fourth-order valence-electron chi connectivity index (χ4n) is 2.44. The monoisotopic (exact) mass is 422 g/mol. The molecule has 0 aliphatic heterocycles. The van der Waals surface area contributed by atoms with E-state index in [2.05, 4.69) is 10.1 Å². The Kier molecular flexibility index (Phi) is 6.05. The fourth-order valence-corrected chi connectivity index (χ4v) is 2.44. The molecule has 1 amide bonds. The fraction of sp³-hybridized carbons (Fsp3) is 0.100. The maximum atomic E-state index is 13.7. The lowest BCUT2D eigenvalue weighted by Crippen LogP contribution is -2.32. The minimum Gasteiger partial charge on any atom is -0.406 e. The topological polar surface area (TPSA) is 69.6 Å². The highest BCUT2D eigenvalue weighted by Crippen LogP contribution is 2.24. The van der Waals surface area contributed by atoms with Crippen molar-refractivity contribution in [2.75, 3.05) is 5.32 Å². The number of carbonyl (C=O) groups is 1. The van der Waals surface area contributed by atoms with E-state index in [1.165, 1.54) is 48.7 Å². The first-order chi connectivity index (χ1) is 14.2. The number of benzene rings is 2. The maximum Gasteiger partial charge on any atom is 0.573 e. The Labute approximate surface area is 167 Å². The van der Waals surface area contributed by atoms with Gasteiger partial charge in [0.15, 0.2) is 0 Å². The van der Waals surface area contributed by atoms with Crippen LogP contribution in [0.4, 0.5) is 23.2 Å². The molecule has 0 aliphatic rings. The van der Waals surface area contributed by atoms with Crippen molar-refractivity contribution in [3.05, 3.63) is 94.2 Å². The van der Waals surface area contributed by atoms with Gasteiger partial charge in [-0.15, -0.1) is 13.2 Å². The molecule has 10 heteroatoms. The van der Waals surface area contributed by atoms with E-state index >= 15 is 0 Å². The zero-order valence-corrected chi connectivity index (χ0v) is 15.2. The van der Waals surface area contributed by atoms with Gasteiger partial charge in [0.2, 0.25) is 0 Å². The van der Waals surface area contributed by atoms with E-state index in [4.69, 9.17) is 4.84 Å². The molecule has 1 N–H and O–H groups in total. The van der Waals surface area contributed by atoms with Crippen LogP contribution in [0.15, 0.2) is 71.7 Å². The first-order valence-electron chi connectivity index (χ1n) is 8.48. The highest BCUT2D eigenvalue weighted by molar-refractivity contribution is 6.03. The second-order valence-electron chi connectivity index (χ2n) is 5.94. The van der Waals surface area contributed by atoms with Gasteiger partial charge in [-0.1, -0.05) is 18.2 Å². The van der Waals surface area contributed by atoms with Crippen molar-refractivity contribution in [1.29, 1.82) is 0 Å². The van der Waals surface area contributed by atoms with Crippen LogP contribution in [0.5, 0.6) is 5.75 Å². The van der Waals surface area contributed by atoms with E-state index in [1.807, 2.05) is 0 Å². The predicted molar refractivity (Wildman–Crippen MR) is 98.5 cm³/mol. The van der Waals surface area contributed by atoms with E-state index in [1.54, 1.807) is 6.07 Å². The molecule has 0 bridgehead atoms. The third-order valence-corrected chi connectivity index (χ3v) is 3.82. The largest absolute Gasteiger partial charge is 0.573 e. The van der Waals surface area contributed by atoms with Gasteiger partial charge in [-0.2, -0.15) is 4.73 Å². The number of nitrogens with one attached hydrogen (secondary N) is 1. The highest BCUT2D eigenvalue weighted by Gasteiger charge is 2.31. The highest BCUT2D eigenvalue weighted by atomic mass is 19.4. The van der Waals surface area contributed by atoms with E-state index in [-0.39, 0.29) is 23.4 Å².